The minimum absolute atomic E-state index is 0.559. The van der Waals surface area contributed by atoms with Gasteiger partial charge in [0.1, 0.15) is 5.75 Å². The van der Waals surface area contributed by atoms with Gasteiger partial charge in [-0.3, -0.25) is 0 Å². The number of methoxy groups -OCH3 is 1. The van der Waals surface area contributed by atoms with E-state index >= 15 is 0 Å². The monoisotopic (exact) mass is 234 g/mol. The molecule has 4 heteroatoms. The topological polar surface area (TPSA) is 35.0 Å². The second-order valence-corrected chi connectivity index (χ2v) is 3.84. The molecular weight excluding hydrogens is 224 g/mol. The molecule has 0 unspecified atom stereocenters. The first-order chi connectivity index (χ1) is 7.70. The van der Waals surface area contributed by atoms with Crippen LogP contribution in [0.3, 0.4) is 0 Å². The molecule has 1 heterocycles. The minimum Gasteiger partial charge on any atom is -0.495 e. The van der Waals surface area contributed by atoms with Crippen LogP contribution < -0.4 is 4.74 Å². The van der Waals surface area contributed by atoms with Gasteiger partial charge in [-0.15, -0.1) is 0 Å². The molecule has 0 fully saturated rings. The molecule has 2 aromatic rings. The van der Waals surface area contributed by atoms with E-state index in [0.717, 1.165) is 11.1 Å². The number of halogens is 1. The fourth-order valence-electron chi connectivity index (χ4n) is 1.35. The number of hydrogen-bond acceptors (Lipinski definition) is 3. The number of hydrogen-bond donors (Lipinski definition) is 0. The first kappa shape index (κ1) is 10.9. The van der Waals surface area contributed by atoms with Crippen molar-refractivity contribution in [2.75, 3.05) is 7.11 Å². The summed E-state index contributed by atoms with van der Waals surface area (Å²) in [5, 5.41) is 0.559. The van der Waals surface area contributed by atoms with Gasteiger partial charge in [-0.05, 0) is 30.7 Å². The van der Waals surface area contributed by atoms with Crippen LogP contribution in [0.25, 0.3) is 11.4 Å². The third kappa shape index (κ3) is 2.14. The van der Waals surface area contributed by atoms with E-state index in [0.29, 0.717) is 16.6 Å². The van der Waals surface area contributed by atoms with Gasteiger partial charge in [0.15, 0.2) is 5.82 Å². The molecule has 2 rings (SSSR count). The van der Waals surface area contributed by atoms with Crippen molar-refractivity contribution in [1.82, 2.24) is 9.97 Å². The fraction of sp³-hybridized carbons (Fsp3) is 0.167. The van der Waals surface area contributed by atoms with Gasteiger partial charge in [-0.25, -0.2) is 9.97 Å². The molecule has 0 radical (unpaired) electrons. The highest BCUT2D eigenvalue weighted by Crippen LogP contribution is 2.28. The number of aryl methyl sites for hydroxylation is 1. The highest BCUT2D eigenvalue weighted by Gasteiger charge is 2.05. The second-order valence-electron chi connectivity index (χ2n) is 3.43. The second kappa shape index (κ2) is 4.49. The Morgan fingerprint density at radius 2 is 1.88 bits per heavy atom. The molecule has 0 spiro atoms. The van der Waals surface area contributed by atoms with Gasteiger partial charge in [0.2, 0.25) is 0 Å². The first-order valence-corrected chi connectivity index (χ1v) is 5.21. The third-order valence-corrected chi connectivity index (χ3v) is 2.49. The van der Waals surface area contributed by atoms with E-state index in [-0.39, 0.29) is 0 Å². The van der Waals surface area contributed by atoms with E-state index in [9.17, 15) is 0 Å². The Hall–Kier alpha value is -1.61. The molecule has 0 amide bonds. The molecule has 16 heavy (non-hydrogen) atoms. The third-order valence-electron chi connectivity index (χ3n) is 2.19. The normalized spacial score (nSPS) is 10.2. The van der Waals surface area contributed by atoms with Crippen molar-refractivity contribution in [3.8, 4) is 17.1 Å². The summed E-state index contributed by atoms with van der Waals surface area (Å²) in [7, 11) is 1.59. The van der Waals surface area contributed by atoms with Gasteiger partial charge >= 0.3 is 0 Å². The molecule has 3 nitrogen and oxygen atoms in total. The van der Waals surface area contributed by atoms with Gasteiger partial charge in [-0.1, -0.05) is 11.6 Å². The van der Waals surface area contributed by atoms with Crippen LogP contribution in [0.2, 0.25) is 5.02 Å². The smallest absolute Gasteiger partial charge is 0.159 e. The summed E-state index contributed by atoms with van der Waals surface area (Å²) in [6, 6.07) is 5.49. The van der Waals surface area contributed by atoms with Crippen LogP contribution in [0.15, 0.2) is 30.6 Å². The minimum atomic E-state index is 0.559. The molecule has 0 atom stereocenters. The van der Waals surface area contributed by atoms with Crippen LogP contribution in [0.1, 0.15) is 5.56 Å². The fourth-order valence-corrected chi connectivity index (χ4v) is 1.60. The van der Waals surface area contributed by atoms with Crippen molar-refractivity contribution < 1.29 is 4.74 Å². The molecule has 0 bridgehead atoms. The number of aromatic nitrogens is 2. The SMILES string of the molecule is COc1ccc(-c2ncc(C)cn2)cc1Cl. The van der Waals surface area contributed by atoms with E-state index in [1.807, 2.05) is 13.0 Å². The summed E-state index contributed by atoms with van der Waals surface area (Å²) in [6.45, 7) is 1.95. The lowest BCUT2D eigenvalue weighted by molar-refractivity contribution is 0.415. The van der Waals surface area contributed by atoms with Crippen molar-refractivity contribution in [3.05, 3.63) is 41.2 Å². The summed E-state index contributed by atoms with van der Waals surface area (Å²) in [6.07, 6.45) is 3.56. The zero-order valence-corrected chi connectivity index (χ0v) is 9.82. The van der Waals surface area contributed by atoms with Crippen molar-refractivity contribution in [2.24, 2.45) is 0 Å². The van der Waals surface area contributed by atoms with Crippen LogP contribution in [0, 0.1) is 6.92 Å². The van der Waals surface area contributed by atoms with Gasteiger partial charge < -0.3 is 4.74 Å². The van der Waals surface area contributed by atoms with Crippen molar-refractivity contribution in [3.63, 3.8) is 0 Å². The highest BCUT2D eigenvalue weighted by molar-refractivity contribution is 6.32. The molecular formula is C12H11ClN2O. The first-order valence-electron chi connectivity index (χ1n) is 4.83. The van der Waals surface area contributed by atoms with Crippen molar-refractivity contribution >= 4 is 11.6 Å². The predicted molar refractivity (Wildman–Crippen MR) is 63.8 cm³/mol. The number of ether oxygens (including phenoxy) is 1. The Labute approximate surface area is 99.1 Å². The van der Waals surface area contributed by atoms with Crippen molar-refractivity contribution in [1.29, 1.82) is 0 Å². The molecule has 0 aliphatic heterocycles. The van der Waals surface area contributed by atoms with Gasteiger partial charge in [0.25, 0.3) is 0 Å². The Bertz CT molecular complexity index is 497. The molecule has 0 saturated heterocycles. The number of rotatable bonds is 2. The largest absolute Gasteiger partial charge is 0.495 e. The zero-order chi connectivity index (χ0) is 11.5. The Morgan fingerprint density at radius 1 is 1.19 bits per heavy atom. The summed E-state index contributed by atoms with van der Waals surface area (Å²) in [5.74, 6) is 1.31. The van der Waals surface area contributed by atoms with Crippen LogP contribution in [0.5, 0.6) is 5.75 Å². The Balaban J connectivity index is 2.41. The Kier molecular flexibility index (Phi) is 3.06. The predicted octanol–water partition coefficient (Wildman–Crippen LogP) is 3.11. The van der Waals surface area contributed by atoms with E-state index in [4.69, 9.17) is 16.3 Å². The lowest BCUT2D eigenvalue weighted by atomic mass is 10.2. The standard InChI is InChI=1S/C12H11ClN2O/c1-8-6-14-12(15-7-8)9-3-4-11(16-2)10(13)5-9/h3-7H,1-2H3. The van der Waals surface area contributed by atoms with E-state index in [1.54, 1.807) is 31.6 Å². The Morgan fingerprint density at radius 3 is 2.44 bits per heavy atom. The van der Waals surface area contributed by atoms with Crippen LogP contribution in [0.4, 0.5) is 0 Å². The molecule has 1 aromatic carbocycles. The summed E-state index contributed by atoms with van der Waals surface area (Å²) in [5.41, 5.74) is 1.91. The molecule has 0 N–H and O–H groups in total. The maximum absolute atomic E-state index is 6.03. The molecule has 82 valence electrons. The summed E-state index contributed by atoms with van der Waals surface area (Å²) >= 11 is 6.03. The van der Waals surface area contributed by atoms with E-state index in [1.165, 1.54) is 0 Å². The van der Waals surface area contributed by atoms with Crippen LogP contribution >= 0.6 is 11.6 Å². The zero-order valence-electron chi connectivity index (χ0n) is 9.07. The van der Waals surface area contributed by atoms with E-state index < -0.39 is 0 Å². The quantitative estimate of drug-likeness (QED) is 0.801. The highest BCUT2D eigenvalue weighted by atomic mass is 35.5. The lowest BCUT2D eigenvalue weighted by Crippen LogP contribution is -1.90. The van der Waals surface area contributed by atoms with E-state index in [2.05, 4.69) is 9.97 Å². The lowest BCUT2D eigenvalue weighted by Gasteiger charge is -2.05. The molecule has 0 saturated carbocycles. The maximum atomic E-state index is 6.03. The average molecular weight is 235 g/mol. The summed E-state index contributed by atoms with van der Waals surface area (Å²) < 4.78 is 5.08. The van der Waals surface area contributed by atoms with Gasteiger partial charge in [0.05, 0.1) is 12.1 Å². The van der Waals surface area contributed by atoms with Gasteiger partial charge in [-0.2, -0.15) is 0 Å². The average Bonchev–Trinajstić information content (AvgIpc) is 2.30. The van der Waals surface area contributed by atoms with Crippen LogP contribution in [-0.2, 0) is 0 Å². The van der Waals surface area contributed by atoms with Crippen LogP contribution in [-0.4, -0.2) is 17.1 Å². The number of benzene rings is 1. The van der Waals surface area contributed by atoms with Crippen molar-refractivity contribution in [2.45, 2.75) is 6.92 Å². The summed E-state index contributed by atoms with van der Waals surface area (Å²) in [4.78, 5) is 8.47. The molecule has 0 aliphatic rings. The molecule has 0 aliphatic carbocycles. The number of nitrogens with zero attached hydrogens (tertiary/aromatic N) is 2. The maximum Gasteiger partial charge on any atom is 0.159 e. The van der Waals surface area contributed by atoms with Gasteiger partial charge in [0, 0.05) is 18.0 Å². The molecule has 1 aromatic heterocycles.